The normalized spacial score (nSPS) is 51.8. The molecule has 0 unspecified atom stereocenters. The van der Waals surface area contributed by atoms with Crippen LogP contribution in [0, 0.1) is 17.3 Å². The number of ketones is 2. The lowest BCUT2D eigenvalue weighted by Gasteiger charge is -2.56. The quantitative estimate of drug-likeness (QED) is 0.722. The van der Waals surface area contributed by atoms with Crippen molar-refractivity contribution in [3.63, 3.8) is 0 Å². The second-order valence-corrected chi connectivity index (χ2v) is 7.35. The highest BCUT2D eigenvalue weighted by Gasteiger charge is 2.74. The monoisotopic (exact) mass is 277 g/mol. The van der Waals surface area contributed by atoms with Crippen molar-refractivity contribution in [2.75, 3.05) is 13.1 Å². The molecule has 2 saturated carbocycles. The molecule has 4 fully saturated rings. The first-order valence-corrected chi connectivity index (χ1v) is 8.04. The van der Waals surface area contributed by atoms with E-state index in [9.17, 15) is 14.7 Å². The van der Waals surface area contributed by atoms with Crippen molar-refractivity contribution in [3.8, 4) is 0 Å². The van der Waals surface area contributed by atoms with Gasteiger partial charge in [-0.15, -0.1) is 0 Å². The smallest absolute Gasteiger partial charge is 0.154 e. The van der Waals surface area contributed by atoms with Crippen molar-refractivity contribution < 1.29 is 14.7 Å². The third-order valence-corrected chi connectivity index (χ3v) is 6.74. The molecule has 4 heteroatoms. The molecule has 2 heterocycles. The summed E-state index contributed by atoms with van der Waals surface area (Å²) < 4.78 is 0. The first kappa shape index (κ1) is 13.0. The van der Waals surface area contributed by atoms with E-state index in [1.165, 1.54) is 0 Å². The standard InChI is InChI=1S/C16H23NO3/c1-10-8-12(18)15-4-2-6-17-7-3-5-16(15,17)13(19)9-11(15)14(10)20/h10-11,14,20H,2-9H2,1H3/t10-,11+,14-,15+,16-/m0/s1. The molecule has 0 amide bonds. The SMILES string of the molecule is C[C@H]1CC(=O)[C@]23CCCN4CCC[C@@]42C(=O)C[C@@H]3[C@H]1O. The number of aliphatic hydroxyl groups is 1. The maximum atomic E-state index is 13.0. The minimum atomic E-state index is -0.565. The summed E-state index contributed by atoms with van der Waals surface area (Å²) in [5.74, 6) is 0.365. The highest BCUT2D eigenvalue weighted by Crippen LogP contribution is 2.64. The number of nitrogens with zero attached hydrogens (tertiary/aromatic N) is 1. The summed E-state index contributed by atoms with van der Waals surface area (Å²) >= 11 is 0. The number of hydrogen-bond donors (Lipinski definition) is 1. The topological polar surface area (TPSA) is 57.6 Å². The fraction of sp³-hybridized carbons (Fsp3) is 0.875. The van der Waals surface area contributed by atoms with Gasteiger partial charge in [-0.05, 0) is 44.7 Å². The summed E-state index contributed by atoms with van der Waals surface area (Å²) in [6.45, 7) is 3.83. The lowest BCUT2D eigenvalue weighted by molar-refractivity contribution is -0.165. The van der Waals surface area contributed by atoms with Crippen molar-refractivity contribution in [1.29, 1.82) is 0 Å². The van der Waals surface area contributed by atoms with Crippen molar-refractivity contribution >= 4 is 11.6 Å². The van der Waals surface area contributed by atoms with Gasteiger partial charge in [-0.25, -0.2) is 0 Å². The van der Waals surface area contributed by atoms with E-state index < -0.39 is 17.1 Å². The zero-order valence-electron chi connectivity index (χ0n) is 12.1. The van der Waals surface area contributed by atoms with Crippen molar-refractivity contribution in [2.24, 2.45) is 17.3 Å². The van der Waals surface area contributed by atoms with Gasteiger partial charge in [0.15, 0.2) is 5.78 Å². The minimum Gasteiger partial charge on any atom is -0.392 e. The molecule has 2 aliphatic heterocycles. The second-order valence-electron chi connectivity index (χ2n) is 7.35. The molecule has 1 N–H and O–H groups in total. The zero-order valence-corrected chi connectivity index (χ0v) is 12.1. The predicted octanol–water partition coefficient (Wildman–Crippen LogP) is 1.16. The summed E-state index contributed by atoms with van der Waals surface area (Å²) in [5.41, 5.74) is -1.11. The summed E-state index contributed by atoms with van der Waals surface area (Å²) in [4.78, 5) is 28.1. The van der Waals surface area contributed by atoms with E-state index in [1.54, 1.807) is 0 Å². The molecule has 0 aromatic heterocycles. The predicted molar refractivity (Wildman–Crippen MR) is 73.1 cm³/mol. The molecule has 0 bridgehead atoms. The fourth-order valence-electron chi connectivity index (χ4n) is 6.02. The third kappa shape index (κ3) is 1.18. The van der Waals surface area contributed by atoms with Crippen LogP contribution in [0.3, 0.4) is 0 Å². The number of aliphatic hydroxyl groups excluding tert-OH is 1. The molecule has 0 radical (unpaired) electrons. The van der Waals surface area contributed by atoms with E-state index in [0.717, 1.165) is 38.8 Å². The number of piperidine rings is 1. The number of carbonyl (C=O) groups is 2. The molecule has 20 heavy (non-hydrogen) atoms. The Morgan fingerprint density at radius 2 is 1.80 bits per heavy atom. The van der Waals surface area contributed by atoms with E-state index in [-0.39, 0.29) is 23.4 Å². The Kier molecular flexibility index (Phi) is 2.54. The van der Waals surface area contributed by atoms with Crippen LogP contribution in [0.5, 0.6) is 0 Å². The number of hydrogen-bond acceptors (Lipinski definition) is 4. The van der Waals surface area contributed by atoms with Crippen molar-refractivity contribution in [1.82, 2.24) is 4.90 Å². The number of rotatable bonds is 0. The van der Waals surface area contributed by atoms with E-state index in [1.807, 2.05) is 6.92 Å². The molecule has 2 saturated heterocycles. The van der Waals surface area contributed by atoms with Gasteiger partial charge in [0.25, 0.3) is 0 Å². The Morgan fingerprint density at radius 3 is 2.55 bits per heavy atom. The Bertz CT molecular complexity index is 490. The Morgan fingerprint density at radius 1 is 1.10 bits per heavy atom. The maximum Gasteiger partial charge on any atom is 0.154 e. The van der Waals surface area contributed by atoms with E-state index >= 15 is 0 Å². The lowest BCUT2D eigenvalue weighted by atomic mass is 9.53. The Labute approximate surface area is 119 Å². The van der Waals surface area contributed by atoms with Crippen LogP contribution in [0.4, 0.5) is 0 Å². The van der Waals surface area contributed by atoms with Crippen LogP contribution >= 0.6 is 0 Å². The van der Waals surface area contributed by atoms with Gasteiger partial charge in [-0.1, -0.05) is 6.92 Å². The fourth-order valence-corrected chi connectivity index (χ4v) is 6.02. The van der Waals surface area contributed by atoms with Gasteiger partial charge < -0.3 is 5.11 Å². The summed E-state index contributed by atoms with van der Waals surface area (Å²) in [6.07, 6.45) is 4.00. The van der Waals surface area contributed by atoms with Gasteiger partial charge >= 0.3 is 0 Å². The second kappa shape index (κ2) is 3.92. The first-order valence-electron chi connectivity index (χ1n) is 8.04. The van der Waals surface area contributed by atoms with Crippen molar-refractivity contribution in [3.05, 3.63) is 0 Å². The van der Waals surface area contributed by atoms with Crippen LogP contribution in [0.1, 0.15) is 45.4 Å². The molecule has 0 aromatic rings. The van der Waals surface area contributed by atoms with Crippen LogP contribution < -0.4 is 0 Å². The largest absolute Gasteiger partial charge is 0.392 e. The minimum absolute atomic E-state index is 0.00199. The van der Waals surface area contributed by atoms with E-state index in [0.29, 0.717) is 12.8 Å². The molecular weight excluding hydrogens is 254 g/mol. The van der Waals surface area contributed by atoms with Crippen molar-refractivity contribution in [2.45, 2.75) is 57.1 Å². The van der Waals surface area contributed by atoms with Crippen LogP contribution in [-0.4, -0.2) is 46.3 Å². The van der Waals surface area contributed by atoms with Crippen LogP contribution in [0.25, 0.3) is 0 Å². The number of carbonyl (C=O) groups excluding carboxylic acids is 2. The van der Waals surface area contributed by atoms with Gasteiger partial charge in [0.1, 0.15) is 5.78 Å². The molecule has 4 rings (SSSR count). The molecule has 0 aromatic carbocycles. The maximum absolute atomic E-state index is 13.0. The van der Waals surface area contributed by atoms with Gasteiger partial charge in [0.05, 0.1) is 17.1 Å². The van der Waals surface area contributed by atoms with Crippen LogP contribution in [0.2, 0.25) is 0 Å². The number of Topliss-reactive ketones (excluding diaryl/α,β-unsaturated/α-hetero) is 2. The summed E-state index contributed by atoms with van der Waals surface area (Å²) in [5, 5.41) is 10.6. The molecule has 2 spiro atoms. The highest BCUT2D eigenvalue weighted by molar-refractivity contribution is 6.03. The average molecular weight is 277 g/mol. The zero-order chi connectivity index (χ0) is 14.1. The molecule has 5 atom stereocenters. The summed E-state index contributed by atoms with van der Waals surface area (Å²) in [6, 6.07) is 0. The molecule has 110 valence electrons. The van der Waals surface area contributed by atoms with Crippen LogP contribution in [-0.2, 0) is 9.59 Å². The summed E-state index contributed by atoms with van der Waals surface area (Å²) in [7, 11) is 0. The Balaban J connectivity index is 1.91. The third-order valence-electron chi connectivity index (χ3n) is 6.74. The van der Waals surface area contributed by atoms with E-state index in [4.69, 9.17) is 0 Å². The van der Waals surface area contributed by atoms with Gasteiger partial charge in [0.2, 0.25) is 0 Å². The van der Waals surface area contributed by atoms with E-state index in [2.05, 4.69) is 4.90 Å². The average Bonchev–Trinajstić information content (AvgIpc) is 2.96. The molecular formula is C16H23NO3. The van der Waals surface area contributed by atoms with Gasteiger partial charge in [-0.2, -0.15) is 0 Å². The lowest BCUT2D eigenvalue weighted by Crippen LogP contribution is -2.67. The molecule has 4 nitrogen and oxygen atoms in total. The van der Waals surface area contributed by atoms with Gasteiger partial charge in [-0.3, -0.25) is 14.5 Å². The Hall–Kier alpha value is -0.740. The molecule has 2 aliphatic carbocycles. The molecule has 4 aliphatic rings. The van der Waals surface area contributed by atoms with Gasteiger partial charge in [0, 0.05) is 18.8 Å². The highest BCUT2D eigenvalue weighted by atomic mass is 16.3. The first-order chi connectivity index (χ1) is 9.54. The van der Waals surface area contributed by atoms with Crippen LogP contribution in [0.15, 0.2) is 0 Å².